The second-order valence-corrected chi connectivity index (χ2v) is 8.92. The molecule has 1 atom stereocenters. The van der Waals surface area contributed by atoms with Crippen molar-refractivity contribution in [2.75, 3.05) is 6.61 Å². The van der Waals surface area contributed by atoms with Gasteiger partial charge < -0.3 is 9.26 Å². The number of hydrogen-bond donors (Lipinski definition) is 1. The van der Waals surface area contributed by atoms with E-state index in [1.54, 1.807) is 39.0 Å². The molecule has 0 amide bonds. The van der Waals surface area contributed by atoms with Crippen LogP contribution in [0.2, 0.25) is 0 Å². The first-order valence-corrected chi connectivity index (χ1v) is 9.80. The summed E-state index contributed by atoms with van der Waals surface area (Å²) in [6, 6.07) is 6.49. The van der Waals surface area contributed by atoms with Crippen molar-refractivity contribution in [3.63, 3.8) is 0 Å². The van der Waals surface area contributed by atoms with Crippen LogP contribution < -0.4 is 4.72 Å². The third kappa shape index (κ3) is 4.65. The molecule has 1 N–H and O–H groups in total. The van der Waals surface area contributed by atoms with Crippen LogP contribution in [0.25, 0.3) is 11.5 Å². The average Bonchev–Trinajstić information content (AvgIpc) is 3.17. The van der Waals surface area contributed by atoms with Gasteiger partial charge in [0.25, 0.3) is 5.89 Å². The molecular formula is C17H23N3O4S. The molecule has 0 bridgehead atoms. The maximum atomic E-state index is 12.5. The van der Waals surface area contributed by atoms with Crippen molar-refractivity contribution >= 4 is 10.0 Å². The summed E-state index contributed by atoms with van der Waals surface area (Å²) in [5.41, 5.74) is 0.0104. The third-order valence-electron chi connectivity index (χ3n) is 3.73. The summed E-state index contributed by atoms with van der Waals surface area (Å²) in [6.07, 6.45) is 2.78. The van der Waals surface area contributed by atoms with Crippen LogP contribution in [0.3, 0.4) is 0 Å². The lowest BCUT2D eigenvalue weighted by Crippen LogP contribution is -2.40. The SMILES string of the molecule is CC(C)(C)NS(=O)(=O)c1cccc(-c2nc(CC3CCCO3)no2)c1. The van der Waals surface area contributed by atoms with Crippen molar-refractivity contribution in [1.29, 1.82) is 0 Å². The van der Waals surface area contributed by atoms with Gasteiger partial charge in [0, 0.05) is 24.1 Å². The lowest BCUT2D eigenvalue weighted by Gasteiger charge is -2.20. The zero-order chi connectivity index (χ0) is 18.1. The van der Waals surface area contributed by atoms with Gasteiger partial charge in [0.1, 0.15) is 0 Å². The van der Waals surface area contributed by atoms with Crippen LogP contribution in [0.5, 0.6) is 0 Å². The summed E-state index contributed by atoms with van der Waals surface area (Å²) in [5.74, 6) is 0.879. The molecular weight excluding hydrogens is 342 g/mol. The van der Waals surface area contributed by atoms with Gasteiger partial charge >= 0.3 is 0 Å². The molecule has 1 saturated heterocycles. The lowest BCUT2D eigenvalue weighted by atomic mass is 10.1. The molecule has 1 aromatic carbocycles. The van der Waals surface area contributed by atoms with E-state index in [2.05, 4.69) is 14.9 Å². The van der Waals surface area contributed by atoms with E-state index < -0.39 is 15.6 Å². The van der Waals surface area contributed by atoms with Gasteiger partial charge in [-0.1, -0.05) is 11.2 Å². The van der Waals surface area contributed by atoms with E-state index in [-0.39, 0.29) is 11.0 Å². The summed E-state index contributed by atoms with van der Waals surface area (Å²) in [5, 5.41) is 3.98. The standard InChI is InChI=1S/C17H23N3O4S/c1-17(2,3)20-25(21,22)14-8-4-6-12(10-14)16-18-15(19-24-16)11-13-7-5-9-23-13/h4,6,8,10,13,20H,5,7,9,11H2,1-3H3. The first-order valence-electron chi connectivity index (χ1n) is 8.31. The highest BCUT2D eigenvalue weighted by Crippen LogP contribution is 2.23. The summed E-state index contributed by atoms with van der Waals surface area (Å²) in [6.45, 7) is 6.16. The van der Waals surface area contributed by atoms with Crippen molar-refractivity contribution in [1.82, 2.24) is 14.9 Å². The van der Waals surface area contributed by atoms with Crippen molar-refractivity contribution < 1.29 is 17.7 Å². The fourth-order valence-electron chi connectivity index (χ4n) is 2.72. The topological polar surface area (TPSA) is 94.3 Å². The van der Waals surface area contributed by atoms with Crippen LogP contribution in [-0.2, 0) is 21.2 Å². The lowest BCUT2D eigenvalue weighted by molar-refractivity contribution is 0.109. The fourth-order valence-corrected chi connectivity index (χ4v) is 4.19. The molecule has 0 radical (unpaired) electrons. The predicted octanol–water partition coefficient (Wildman–Crippen LogP) is 2.53. The molecule has 0 spiro atoms. The van der Waals surface area contributed by atoms with Crippen LogP contribution in [0.4, 0.5) is 0 Å². The van der Waals surface area contributed by atoms with Crippen LogP contribution in [0.15, 0.2) is 33.7 Å². The minimum atomic E-state index is -3.62. The van der Waals surface area contributed by atoms with Crippen molar-refractivity contribution in [3.8, 4) is 11.5 Å². The predicted molar refractivity (Wildman–Crippen MR) is 92.5 cm³/mol. The molecule has 0 aliphatic carbocycles. The van der Waals surface area contributed by atoms with Crippen LogP contribution in [0, 0.1) is 0 Å². The van der Waals surface area contributed by atoms with Crippen LogP contribution >= 0.6 is 0 Å². The van der Waals surface area contributed by atoms with Gasteiger partial charge in [-0.05, 0) is 51.8 Å². The second kappa shape index (κ2) is 6.86. The maximum Gasteiger partial charge on any atom is 0.257 e. The van der Waals surface area contributed by atoms with E-state index in [9.17, 15) is 8.42 Å². The molecule has 1 aliphatic heterocycles. The Morgan fingerprint density at radius 2 is 2.12 bits per heavy atom. The molecule has 7 nitrogen and oxygen atoms in total. The van der Waals surface area contributed by atoms with Crippen LogP contribution in [-0.4, -0.2) is 36.8 Å². The number of nitrogens with zero attached hydrogens (tertiary/aromatic N) is 2. The minimum absolute atomic E-state index is 0.133. The molecule has 2 heterocycles. The molecule has 1 fully saturated rings. The summed E-state index contributed by atoms with van der Waals surface area (Å²) in [4.78, 5) is 4.53. The highest BCUT2D eigenvalue weighted by atomic mass is 32.2. The monoisotopic (exact) mass is 365 g/mol. The largest absolute Gasteiger partial charge is 0.378 e. The highest BCUT2D eigenvalue weighted by molar-refractivity contribution is 7.89. The quantitative estimate of drug-likeness (QED) is 0.875. The van der Waals surface area contributed by atoms with E-state index in [4.69, 9.17) is 9.26 Å². The molecule has 25 heavy (non-hydrogen) atoms. The molecule has 8 heteroatoms. The maximum absolute atomic E-state index is 12.5. The number of ether oxygens (including phenoxy) is 1. The molecule has 0 saturated carbocycles. The first kappa shape index (κ1) is 18.0. The molecule has 3 rings (SSSR count). The Labute approximate surface area is 147 Å². The number of benzene rings is 1. The Kier molecular flexibility index (Phi) is 4.95. The fraction of sp³-hybridized carbons (Fsp3) is 0.529. The molecule has 136 valence electrons. The normalized spacial score (nSPS) is 18.6. The van der Waals surface area contributed by atoms with Gasteiger partial charge in [-0.25, -0.2) is 13.1 Å². The Bertz CT molecular complexity index is 834. The van der Waals surface area contributed by atoms with E-state index in [1.165, 1.54) is 6.07 Å². The van der Waals surface area contributed by atoms with E-state index in [1.807, 2.05) is 0 Å². The van der Waals surface area contributed by atoms with Crippen molar-refractivity contribution in [2.45, 2.75) is 56.6 Å². The van der Waals surface area contributed by atoms with Crippen molar-refractivity contribution in [3.05, 3.63) is 30.1 Å². The van der Waals surface area contributed by atoms with Gasteiger partial charge in [0.05, 0.1) is 11.0 Å². The Hall–Kier alpha value is -1.77. The number of rotatable bonds is 5. The summed E-state index contributed by atoms with van der Waals surface area (Å²) >= 11 is 0. The van der Waals surface area contributed by atoms with Gasteiger partial charge in [-0.3, -0.25) is 0 Å². The van der Waals surface area contributed by atoms with Crippen molar-refractivity contribution in [2.24, 2.45) is 0 Å². The molecule has 1 aromatic heterocycles. The molecule has 1 unspecified atom stereocenters. The number of hydrogen-bond acceptors (Lipinski definition) is 6. The smallest absolute Gasteiger partial charge is 0.257 e. The number of sulfonamides is 1. The van der Waals surface area contributed by atoms with Gasteiger partial charge in [0.2, 0.25) is 10.0 Å². The Balaban J connectivity index is 1.81. The molecule has 1 aliphatic rings. The minimum Gasteiger partial charge on any atom is -0.378 e. The summed E-state index contributed by atoms with van der Waals surface area (Å²) < 4.78 is 38.4. The van der Waals surface area contributed by atoms with Gasteiger partial charge in [-0.15, -0.1) is 0 Å². The van der Waals surface area contributed by atoms with Crippen LogP contribution in [0.1, 0.15) is 39.4 Å². The Morgan fingerprint density at radius 3 is 2.80 bits per heavy atom. The Morgan fingerprint density at radius 1 is 1.32 bits per heavy atom. The second-order valence-electron chi connectivity index (χ2n) is 7.24. The van der Waals surface area contributed by atoms with Gasteiger partial charge in [-0.2, -0.15) is 4.98 Å². The van der Waals surface area contributed by atoms with E-state index >= 15 is 0 Å². The zero-order valence-electron chi connectivity index (χ0n) is 14.7. The zero-order valence-corrected chi connectivity index (χ0v) is 15.5. The first-order chi connectivity index (χ1) is 11.7. The van der Waals surface area contributed by atoms with Gasteiger partial charge in [0.15, 0.2) is 5.82 Å². The van der Waals surface area contributed by atoms with E-state index in [0.29, 0.717) is 23.7 Å². The number of aromatic nitrogens is 2. The number of nitrogens with one attached hydrogen (secondary N) is 1. The van der Waals surface area contributed by atoms with E-state index in [0.717, 1.165) is 19.4 Å². The third-order valence-corrected chi connectivity index (χ3v) is 5.49. The summed E-state index contributed by atoms with van der Waals surface area (Å²) in [7, 11) is -3.62. The molecule has 2 aromatic rings. The highest BCUT2D eigenvalue weighted by Gasteiger charge is 2.23. The average molecular weight is 365 g/mol.